The number of anilines is 1. The topological polar surface area (TPSA) is 64.4 Å². The summed E-state index contributed by atoms with van der Waals surface area (Å²) in [5, 5.41) is 13.8. The van der Waals surface area contributed by atoms with E-state index in [-0.39, 0.29) is 15.8 Å². The number of hydrogen-bond acceptors (Lipinski definition) is 4. The molecule has 0 radical (unpaired) electrons. The molecule has 5 nitrogen and oxygen atoms in total. The maximum atomic E-state index is 13.4. The minimum Gasteiger partial charge on any atom is -0.381 e. The first-order chi connectivity index (χ1) is 9.58. The molecule has 0 bridgehead atoms. The molecule has 0 amide bonds. The van der Waals surface area contributed by atoms with Gasteiger partial charge in [0.1, 0.15) is 11.5 Å². The molecule has 0 aliphatic heterocycles. The third-order valence-corrected chi connectivity index (χ3v) is 3.67. The van der Waals surface area contributed by atoms with E-state index in [0.717, 1.165) is 25.0 Å². The zero-order valence-electron chi connectivity index (χ0n) is 10.9. The molecule has 0 heterocycles. The van der Waals surface area contributed by atoms with Gasteiger partial charge >= 0.3 is 0 Å². The lowest BCUT2D eigenvalue weighted by Crippen LogP contribution is -2.08. The summed E-state index contributed by atoms with van der Waals surface area (Å²) in [6, 6.07) is 2.30. The second-order valence-corrected chi connectivity index (χ2v) is 5.69. The molecule has 0 unspecified atom stereocenters. The molecule has 1 aliphatic rings. The van der Waals surface area contributed by atoms with E-state index in [9.17, 15) is 14.5 Å². The van der Waals surface area contributed by atoms with E-state index in [1.807, 2.05) is 0 Å². The van der Waals surface area contributed by atoms with Crippen molar-refractivity contribution in [2.45, 2.75) is 19.3 Å². The quantitative estimate of drug-likeness (QED) is 0.442. The summed E-state index contributed by atoms with van der Waals surface area (Å²) in [7, 11) is 0. The first kappa shape index (κ1) is 15.2. The molecule has 7 heteroatoms. The summed E-state index contributed by atoms with van der Waals surface area (Å²) < 4.78 is 19.0. The van der Waals surface area contributed by atoms with Crippen LogP contribution in [0.25, 0.3) is 0 Å². The van der Waals surface area contributed by atoms with Crippen molar-refractivity contribution in [3.63, 3.8) is 0 Å². The van der Waals surface area contributed by atoms with Crippen molar-refractivity contribution in [3.8, 4) is 0 Å². The van der Waals surface area contributed by atoms with Gasteiger partial charge in [0.05, 0.1) is 9.40 Å². The Balaban J connectivity index is 1.81. The fourth-order valence-electron chi connectivity index (χ4n) is 1.76. The lowest BCUT2D eigenvalue weighted by Gasteiger charge is -2.08. The third-order valence-electron chi connectivity index (χ3n) is 3.07. The molecule has 1 fully saturated rings. The highest BCUT2D eigenvalue weighted by atomic mass is 79.9. The van der Waals surface area contributed by atoms with Crippen LogP contribution < -0.4 is 5.32 Å². The maximum absolute atomic E-state index is 13.4. The fourth-order valence-corrected chi connectivity index (χ4v) is 2.09. The zero-order chi connectivity index (χ0) is 14.5. The van der Waals surface area contributed by atoms with Crippen LogP contribution >= 0.6 is 15.9 Å². The molecule has 1 aromatic carbocycles. The smallest absolute Gasteiger partial charge is 0.293 e. The zero-order valence-corrected chi connectivity index (χ0v) is 12.5. The van der Waals surface area contributed by atoms with E-state index in [2.05, 4.69) is 21.2 Å². The van der Waals surface area contributed by atoms with Crippen molar-refractivity contribution < 1.29 is 14.1 Å². The van der Waals surface area contributed by atoms with Crippen LogP contribution in [0.4, 0.5) is 15.8 Å². The van der Waals surface area contributed by atoms with Crippen LogP contribution in [0.2, 0.25) is 0 Å². The Bertz CT molecular complexity index is 495. The number of nitrogens with zero attached hydrogens (tertiary/aromatic N) is 1. The largest absolute Gasteiger partial charge is 0.381 e. The predicted octanol–water partition coefficient (Wildman–Crippen LogP) is 3.73. The summed E-state index contributed by atoms with van der Waals surface area (Å²) in [6.07, 6.45) is 3.23. The molecule has 110 valence electrons. The molecule has 0 saturated heterocycles. The van der Waals surface area contributed by atoms with Crippen molar-refractivity contribution in [3.05, 3.63) is 32.5 Å². The van der Waals surface area contributed by atoms with Crippen molar-refractivity contribution in [2.24, 2.45) is 5.92 Å². The molecular weight excluding hydrogens is 331 g/mol. The molecule has 1 saturated carbocycles. The standard InChI is InChI=1S/C13H16BrFN2O3/c14-10-6-13(17(18)19)12(7-11(10)15)16-4-1-5-20-8-9-2-3-9/h6-7,9,16H,1-5,8H2. The minimum absolute atomic E-state index is 0.0857. The van der Waals surface area contributed by atoms with Crippen LogP contribution in [0.15, 0.2) is 16.6 Å². The molecule has 2 rings (SSSR count). The Hall–Kier alpha value is -1.21. The fraction of sp³-hybridized carbons (Fsp3) is 0.538. The van der Waals surface area contributed by atoms with Crippen LogP contribution in [-0.4, -0.2) is 24.7 Å². The number of nitro benzene ring substituents is 1. The highest BCUT2D eigenvalue weighted by molar-refractivity contribution is 9.10. The number of nitrogens with one attached hydrogen (secondary N) is 1. The summed E-state index contributed by atoms with van der Waals surface area (Å²) in [4.78, 5) is 10.4. The van der Waals surface area contributed by atoms with Gasteiger partial charge in [-0.1, -0.05) is 0 Å². The first-order valence-corrected chi connectivity index (χ1v) is 7.32. The lowest BCUT2D eigenvalue weighted by atomic mass is 10.2. The van der Waals surface area contributed by atoms with E-state index in [4.69, 9.17) is 4.74 Å². The second kappa shape index (κ2) is 6.99. The van der Waals surface area contributed by atoms with Crippen LogP contribution in [0.1, 0.15) is 19.3 Å². The number of rotatable bonds is 8. The average molecular weight is 347 g/mol. The number of halogens is 2. The molecule has 1 aromatic rings. The van der Waals surface area contributed by atoms with E-state index in [0.29, 0.717) is 13.2 Å². The Morgan fingerprint density at radius 3 is 2.90 bits per heavy atom. The highest BCUT2D eigenvalue weighted by Crippen LogP contribution is 2.30. The van der Waals surface area contributed by atoms with Gasteiger partial charge in [-0.25, -0.2) is 4.39 Å². The van der Waals surface area contributed by atoms with Crippen molar-refractivity contribution in [1.29, 1.82) is 0 Å². The van der Waals surface area contributed by atoms with E-state index in [1.165, 1.54) is 18.9 Å². The number of ether oxygens (including phenoxy) is 1. The third kappa shape index (κ3) is 4.42. The SMILES string of the molecule is O=[N+]([O-])c1cc(Br)c(F)cc1NCCCOCC1CC1. The Kier molecular flexibility index (Phi) is 5.31. The summed E-state index contributed by atoms with van der Waals surface area (Å²) >= 11 is 2.94. The molecule has 0 aromatic heterocycles. The van der Waals surface area contributed by atoms with Crippen LogP contribution in [0.5, 0.6) is 0 Å². The minimum atomic E-state index is -0.532. The van der Waals surface area contributed by atoms with Crippen LogP contribution in [0.3, 0.4) is 0 Å². The highest BCUT2D eigenvalue weighted by Gasteiger charge is 2.21. The first-order valence-electron chi connectivity index (χ1n) is 6.53. The molecule has 0 atom stereocenters. The van der Waals surface area contributed by atoms with Crippen LogP contribution in [0, 0.1) is 21.8 Å². The lowest BCUT2D eigenvalue weighted by molar-refractivity contribution is -0.384. The normalized spacial score (nSPS) is 14.3. The molecule has 0 spiro atoms. The number of benzene rings is 1. The van der Waals surface area contributed by atoms with Gasteiger partial charge in [-0.2, -0.15) is 0 Å². The van der Waals surface area contributed by atoms with E-state index < -0.39 is 10.7 Å². The van der Waals surface area contributed by atoms with Crippen molar-refractivity contribution in [2.75, 3.05) is 25.1 Å². The van der Waals surface area contributed by atoms with Gasteiger partial charge in [0.25, 0.3) is 5.69 Å². The van der Waals surface area contributed by atoms with E-state index in [1.54, 1.807) is 0 Å². The van der Waals surface area contributed by atoms with E-state index >= 15 is 0 Å². The van der Waals surface area contributed by atoms with Gasteiger partial charge < -0.3 is 10.1 Å². The second-order valence-electron chi connectivity index (χ2n) is 4.84. The van der Waals surface area contributed by atoms with Crippen molar-refractivity contribution >= 4 is 27.3 Å². The Morgan fingerprint density at radius 1 is 1.50 bits per heavy atom. The molecular formula is C13H16BrFN2O3. The Labute approximate surface area is 124 Å². The number of hydrogen-bond donors (Lipinski definition) is 1. The summed E-state index contributed by atoms with van der Waals surface area (Å²) in [6.45, 7) is 1.91. The van der Waals surface area contributed by atoms with Crippen LogP contribution in [-0.2, 0) is 4.74 Å². The summed E-state index contributed by atoms with van der Waals surface area (Å²) in [5.41, 5.74) is 0.0510. The molecule has 20 heavy (non-hydrogen) atoms. The van der Waals surface area contributed by atoms with Gasteiger partial charge in [0.15, 0.2) is 0 Å². The predicted molar refractivity (Wildman–Crippen MR) is 77.4 cm³/mol. The van der Waals surface area contributed by atoms with Gasteiger partial charge in [0.2, 0.25) is 0 Å². The maximum Gasteiger partial charge on any atom is 0.293 e. The Morgan fingerprint density at radius 2 is 2.25 bits per heavy atom. The monoisotopic (exact) mass is 346 g/mol. The van der Waals surface area contributed by atoms with Gasteiger partial charge in [-0.3, -0.25) is 10.1 Å². The van der Waals surface area contributed by atoms with Gasteiger partial charge in [-0.15, -0.1) is 0 Å². The van der Waals surface area contributed by atoms with Gasteiger partial charge in [-0.05, 0) is 41.1 Å². The summed E-state index contributed by atoms with van der Waals surface area (Å²) in [5.74, 6) is 0.202. The van der Waals surface area contributed by atoms with Gasteiger partial charge in [0, 0.05) is 31.9 Å². The molecule has 1 N–H and O–H groups in total. The average Bonchev–Trinajstić information content (AvgIpc) is 3.21. The number of nitro groups is 1. The van der Waals surface area contributed by atoms with Crippen molar-refractivity contribution in [1.82, 2.24) is 0 Å². The molecule has 1 aliphatic carbocycles.